The molecule has 4 nitrogen and oxygen atoms in total. The molecule has 2 aliphatic rings. The van der Waals surface area contributed by atoms with Crippen LogP contribution < -0.4 is 0 Å². The molecule has 0 N–H and O–H groups in total. The van der Waals surface area contributed by atoms with E-state index >= 15 is 0 Å². The molecule has 0 saturated carbocycles. The number of piperidine rings is 1. The first-order valence-electron chi connectivity index (χ1n) is 9.07. The van der Waals surface area contributed by atoms with Gasteiger partial charge < -0.3 is 14.5 Å². The molecule has 1 aromatic carbocycles. The molecule has 134 valence electrons. The number of thiophene rings is 1. The average Bonchev–Trinajstić information content (AvgIpc) is 3.17. The van der Waals surface area contributed by atoms with Crippen LogP contribution in [0.25, 0.3) is 10.1 Å². The SMILES string of the molecule is COCC1CN(C)CC12CCN(C(=O)c1cc3ccccc3s1)CC2. The zero-order valence-electron chi connectivity index (χ0n) is 15.0. The summed E-state index contributed by atoms with van der Waals surface area (Å²) in [6.45, 7) is 4.79. The van der Waals surface area contributed by atoms with Gasteiger partial charge in [0.15, 0.2) is 0 Å². The number of carbonyl (C=O) groups excluding carboxylic acids is 1. The largest absolute Gasteiger partial charge is 0.384 e. The zero-order chi connectivity index (χ0) is 17.4. The predicted octanol–water partition coefficient (Wildman–Crippen LogP) is 3.33. The number of ether oxygens (including phenoxy) is 1. The van der Waals surface area contributed by atoms with E-state index in [0.29, 0.717) is 11.3 Å². The number of amides is 1. The smallest absolute Gasteiger partial charge is 0.263 e. The van der Waals surface area contributed by atoms with Crippen LogP contribution in [0.1, 0.15) is 22.5 Å². The normalized spacial score (nSPS) is 23.6. The van der Waals surface area contributed by atoms with Gasteiger partial charge in [-0.25, -0.2) is 0 Å². The lowest BCUT2D eigenvalue weighted by Gasteiger charge is -2.42. The minimum atomic E-state index is 0.200. The van der Waals surface area contributed by atoms with Crippen molar-refractivity contribution in [3.63, 3.8) is 0 Å². The molecule has 2 aromatic rings. The highest BCUT2D eigenvalue weighted by atomic mass is 32.1. The Balaban J connectivity index is 1.47. The van der Waals surface area contributed by atoms with Crippen molar-refractivity contribution in [2.24, 2.45) is 11.3 Å². The molecule has 0 bridgehead atoms. The molecule has 1 spiro atoms. The Hall–Kier alpha value is -1.43. The fraction of sp³-hybridized carbons (Fsp3) is 0.550. The van der Waals surface area contributed by atoms with Crippen molar-refractivity contribution in [3.05, 3.63) is 35.2 Å². The topological polar surface area (TPSA) is 32.8 Å². The van der Waals surface area contributed by atoms with Gasteiger partial charge in [-0.1, -0.05) is 18.2 Å². The van der Waals surface area contributed by atoms with Crippen molar-refractivity contribution in [3.8, 4) is 0 Å². The van der Waals surface area contributed by atoms with E-state index in [1.165, 1.54) is 10.1 Å². The minimum absolute atomic E-state index is 0.200. The summed E-state index contributed by atoms with van der Waals surface area (Å²) in [5.41, 5.74) is 0.321. The zero-order valence-corrected chi connectivity index (χ0v) is 15.8. The third kappa shape index (κ3) is 3.09. The van der Waals surface area contributed by atoms with Gasteiger partial charge in [0, 0.05) is 43.9 Å². The van der Waals surface area contributed by atoms with Crippen LogP contribution >= 0.6 is 11.3 Å². The van der Waals surface area contributed by atoms with E-state index in [-0.39, 0.29) is 5.91 Å². The number of fused-ring (bicyclic) bond motifs is 1. The van der Waals surface area contributed by atoms with Crippen molar-refractivity contribution >= 4 is 27.3 Å². The molecule has 3 heterocycles. The molecule has 5 heteroatoms. The van der Waals surface area contributed by atoms with E-state index in [2.05, 4.69) is 29.0 Å². The van der Waals surface area contributed by atoms with Gasteiger partial charge in [-0.3, -0.25) is 4.79 Å². The van der Waals surface area contributed by atoms with Crippen LogP contribution in [0.15, 0.2) is 30.3 Å². The number of nitrogens with zero attached hydrogens (tertiary/aromatic N) is 2. The maximum Gasteiger partial charge on any atom is 0.263 e. The van der Waals surface area contributed by atoms with Crippen molar-refractivity contribution in [2.45, 2.75) is 12.8 Å². The highest BCUT2D eigenvalue weighted by Gasteiger charge is 2.47. The van der Waals surface area contributed by atoms with Gasteiger partial charge in [0.2, 0.25) is 0 Å². The first-order valence-corrected chi connectivity index (χ1v) is 9.88. The fourth-order valence-electron chi connectivity index (χ4n) is 4.70. The van der Waals surface area contributed by atoms with Crippen molar-refractivity contribution < 1.29 is 9.53 Å². The van der Waals surface area contributed by atoms with E-state index in [4.69, 9.17) is 4.74 Å². The number of hydrogen-bond acceptors (Lipinski definition) is 4. The summed E-state index contributed by atoms with van der Waals surface area (Å²) in [5, 5.41) is 1.17. The summed E-state index contributed by atoms with van der Waals surface area (Å²) in [5.74, 6) is 0.787. The second-order valence-electron chi connectivity index (χ2n) is 7.65. The van der Waals surface area contributed by atoms with Gasteiger partial charge in [-0.2, -0.15) is 0 Å². The summed E-state index contributed by atoms with van der Waals surface area (Å²) >= 11 is 1.61. The van der Waals surface area contributed by atoms with E-state index in [0.717, 1.165) is 50.5 Å². The summed E-state index contributed by atoms with van der Waals surface area (Å²) in [6.07, 6.45) is 2.17. The standard InChI is InChI=1S/C20H26N2O2S/c1-21-12-16(13-24-2)20(14-21)7-9-22(10-8-20)19(23)18-11-15-5-3-4-6-17(15)25-18/h3-6,11,16H,7-10,12-14H2,1-2H3. The molecule has 1 amide bonds. The number of methoxy groups -OCH3 is 1. The predicted molar refractivity (Wildman–Crippen MR) is 102 cm³/mol. The maximum atomic E-state index is 12.9. The van der Waals surface area contributed by atoms with E-state index in [1.807, 2.05) is 18.2 Å². The second-order valence-corrected chi connectivity index (χ2v) is 8.74. The fourth-order valence-corrected chi connectivity index (χ4v) is 5.73. The van der Waals surface area contributed by atoms with E-state index < -0.39 is 0 Å². The van der Waals surface area contributed by atoms with Crippen LogP contribution in [0.5, 0.6) is 0 Å². The van der Waals surface area contributed by atoms with Gasteiger partial charge in [-0.15, -0.1) is 11.3 Å². The van der Waals surface area contributed by atoms with Crippen LogP contribution in [-0.4, -0.2) is 62.7 Å². The molecule has 0 radical (unpaired) electrons. The maximum absolute atomic E-state index is 12.9. The van der Waals surface area contributed by atoms with Crippen LogP contribution in [-0.2, 0) is 4.74 Å². The molecule has 2 aliphatic heterocycles. The number of likely N-dealkylation sites (tertiary alicyclic amines) is 2. The first kappa shape index (κ1) is 17.0. The lowest BCUT2D eigenvalue weighted by Crippen LogP contribution is -2.47. The molecule has 1 aromatic heterocycles. The molecule has 2 saturated heterocycles. The summed E-state index contributed by atoms with van der Waals surface area (Å²) in [7, 11) is 4.00. The number of carbonyl (C=O) groups is 1. The molecule has 0 aliphatic carbocycles. The third-order valence-corrected chi connectivity index (χ3v) is 7.14. The Bertz CT molecular complexity index is 731. The molecule has 2 fully saturated rings. The van der Waals surface area contributed by atoms with E-state index in [9.17, 15) is 4.79 Å². The number of rotatable bonds is 3. The summed E-state index contributed by atoms with van der Waals surface area (Å²) in [6, 6.07) is 10.3. The highest BCUT2D eigenvalue weighted by Crippen LogP contribution is 2.44. The Morgan fingerprint density at radius 2 is 2.08 bits per heavy atom. The monoisotopic (exact) mass is 358 g/mol. The minimum Gasteiger partial charge on any atom is -0.384 e. The molecule has 4 rings (SSSR count). The first-order chi connectivity index (χ1) is 12.1. The summed E-state index contributed by atoms with van der Waals surface area (Å²) in [4.78, 5) is 18.3. The quantitative estimate of drug-likeness (QED) is 0.844. The summed E-state index contributed by atoms with van der Waals surface area (Å²) < 4.78 is 6.66. The van der Waals surface area contributed by atoms with Gasteiger partial charge in [0.25, 0.3) is 5.91 Å². The Morgan fingerprint density at radius 3 is 2.80 bits per heavy atom. The molecular weight excluding hydrogens is 332 g/mol. The van der Waals surface area contributed by atoms with Crippen LogP contribution in [0.2, 0.25) is 0 Å². The number of benzene rings is 1. The average molecular weight is 359 g/mol. The molecule has 1 atom stereocenters. The van der Waals surface area contributed by atoms with Crippen LogP contribution in [0.3, 0.4) is 0 Å². The van der Waals surface area contributed by atoms with Gasteiger partial charge >= 0.3 is 0 Å². The lowest BCUT2D eigenvalue weighted by molar-refractivity contribution is 0.0327. The number of hydrogen-bond donors (Lipinski definition) is 0. The second kappa shape index (κ2) is 6.71. The molecule has 1 unspecified atom stereocenters. The van der Waals surface area contributed by atoms with Gasteiger partial charge in [-0.05, 0) is 42.8 Å². The van der Waals surface area contributed by atoms with Crippen molar-refractivity contribution in [1.29, 1.82) is 0 Å². The Kier molecular flexibility index (Phi) is 4.56. The van der Waals surface area contributed by atoms with Crippen molar-refractivity contribution in [2.75, 3.05) is 46.9 Å². The lowest BCUT2D eigenvalue weighted by atomic mass is 9.71. The van der Waals surface area contributed by atoms with Crippen LogP contribution in [0, 0.1) is 11.3 Å². The highest BCUT2D eigenvalue weighted by molar-refractivity contribution is 7.20. The Morgan fingerprint density at radius 1 is 1.32 bits per heavy atom. The van der Waals surface area contributed by atoms with Crippen LogP contribution in [0.4, 0.5) is 0 Å². The molecular formula is C20H26N2O2S. The van der Waals surface area contributed by atoms with E-state index in [1.54, 1.807) is 18.4 Å². The Labute approximate surface area is 153 Å². The van der Waals surface area contributed by atoms with Gasteiger partial charge in [0.1, 0.15) is 0 Å². The van der Waals surface area contributed by atoms with Crippen molar-refractivity contribution in [1.82, 2.24) is 9.80 Å². The third-order valence-electron chi connectivity index (χ3n) is 6.03. The van der Waals surface area contributed by atoms with Gasteiger partial charge in [0.05, 0.1) is 11.5 Å². The molecule has 25 heavy (non-hydrogen) atoms.